The molecule has 0 aliphatic carbocycles. The van der Waals surface area contributed by atoms with Crippen molar-refractivity contribution in [2.24, 2.45) is 0 Å². The van der Waals surface area contributed by atoms with Crippen molar-refractivity contribution < 1.29 is 4.79 Å². The van der Waals surface area contributed by atoms with E-state index in [-0.39, 0.29) is 17.9 Å². The second kappa shape index (κ2) is 4.84. The Kier molecular flexibility index (Phi) is 3.03. The lowest BCUT2D eigenvalue weighted by atomic mass is 10.2. The summed E-state index contributed by atoms with van der Waals surface area (Å²) in [5.74, 6) is 0.0683. The van der Waals surface area contributed by atoms with Crippen LogP contribution in [-0.4, -0.2) is 33.7 Å². The number of hydrogen-bond acceptors (Lipinski definition) is 3. The largest absolute Gasteiger partial charge is 0.341 e. The van der Waals surface area contributed by atoms with Crippen molar-refractivity contribution in [1.82, 2.24) is 14.7 Å². The lowest BCUT2D eigenvalue weighted by Gasteiger charge is -2.16. The number of carbonyl (C=O) groups excluding carboxylic acids is 1. The van der Waals surface area contributed by atoms with E-state index in [4.69, 9.17) is 0 Å². The maximum Gasteiger partial charge on any atom is 0.244 e. The first-order chi connectivity index (χ1) is 9.25. The van der Waals surface area contributed by atoms with Gasteiger partial charge in [-0.1, -0.05) is 12.1 Å². The minimum Gasteiger partial charge on any atom is -0.341 e. The highest BCUT2D eigenvalue weighted by atomic mass is 16.2. The SMILES string of the molecule is O=C(Cn1ncc(=O)c2ccccc21)N1CCCC1. The van der Waals surface area contributed by atoms with Crippen LogP contribution in [0, 0.1) is 0 Å². The lowest BCUT2D eigenvalue weighted by Crippen LogP contribution is -2.32. The summed E-state index contributed by atoms with van der Waals surface area (Å²) in [5, 5.41) is 4.68. The number of likely N-dealkylation sites (tertiary alicyclic amines) is 1. The molecule has 1 aromatic carbocycles. The van der Waals surface area contributed by atoms with Crippen LogP contribution in [0.2, 0.25) is 0 Å². The van der Waals surface area contributed by atoms with Crippen molar-refractivity contribution in [3.05, 3.63) is 40.7 Å². The van der Waals surface area contributed by atoms with Crippen molar-refractivity contribution in [3.63, 3.8) is 0 Å². The standard InChI is InChI=1S/C14H15N3O2/c18-13-9-15-17(12-6-2-1-5-11(12)13)10-14(19)16-7-3-4-8-16/h1-2,5-6,9H,3-4,7-8,10H2. The van der Waals surface area contributed by atoms with Gasteiger partial charge in [0.05, 0.1) is 11.7 Å². The summed E-state index contributed by atoms with van der Waals surface area (Å²) in [6, 6.07) is 7.24. The molecule has 98 valence electrons. The van der Waals surface area contributed by atoms with E-state index in [1.165, 1.54) is 6.20 Å². The quantitative estimate of drug-likeness (QED) is 0.807. The second-order valence-electron chi connectivity index (χ2n) is 4.77. The third-order valence-electron chi connectivity index (χ3n) is 3.51. The van der Waals surface area contributed by atoms with Crippen LogP contribution in [0.3, 0.4) is 0 Å². The van der Waals surface area contributed by atoms with Crippen LogP contribution >= 0.6 is 0 Å². The van der Waals surface area contributed by atoms with Gasteiger partial charge in [-0.15, -0.1) is 0 Å². The number of hydrogen-bond donors (Lipinski definition) is 0. The maximum absolute atomic E-state index is 12.1. The van der Waals surface area contributed by atoms with Gasteiger partial charge < -0.3 is 4.90 Å². The van der Waals surface area contributed by atoms with Gasteiger partial charge in [0.25, 0.3) is 0 Å². The minimum atomic E-state index is -0.111. The third kappa shape index (κ3) is 2.23. The summed E-state index contributed by atoms with van der Waals surface area (Å²) in [6.07, 6.45) is 3.42. The number of rotatable bonds is 2. The first-order valence-electron chi connectivity index (χ1n) is 6.48. The lowest BCUT2D eigenvalue weighted by molar-refractivity contribution is -0.130. The average molecular weight is 257 g/mol. The number of benzene rings is 1. The van der Waals surface area contributed by atoms with Gasteiger partial charge in [0, 0.05) is 18.5 Å². The summed E-state index contributed by atoms with van der Waals surface area (Å²) >= 11 is 0. The first kappa shape index (κ1) is 11.9. The number of para-hydroxylation sites is 1. The molecular weight excluding hydrogens is 242 g/mol. The average Bonchev–Trinajstić information content (AvgIpc) is 2.96. The highest BCUT2D eigenvalue weighted by molar-refractivity contribution is 5.81. The van der Waals surface area contributed by atoms with Gasteiger partial charge in [-0.05, 0) is 25.0 Å². The van der Waals surface area contributed by atoms with E-state index in [9.17, 15) is 9.59 Å². The predicted molar refractivity (Wildman–Crippen MR) is 71.8 cm³/mol. The van der Waals surface area contributed by atoms with Gasteiger partial charge in [-0.2, -0.15) is 5.10 Å². The maximum atomic E-state index is 12.1. The summed E-state index contributed by atoms with van der Waals surface area (Å²) in [7, 11) is 0. The summed E-state index contributed by atoms with van der Waals surface area (Å²) in [4.78, 5) is 25.7. The van der Waals surface area contributed by atoms with Crippen molar-refractivity contribution in [3.8, 4) is 0 Å². The molecule has 1 saturated heterocycles. The van der Waals surface area contributed by atoms with E-state index in [1.54, 1.807) is 10.7 Å². The Morgan fingerprint density at radius 2 is 1.95 bits per heavy atom. The fourth-order valence-corrected chi connectivity index (χ4v) is 2.48. The molecule has 5 heteroatoms. The summed E-state index contributed by atoms with van der Waals surface area (Å²) in [5.41, 5.74) is 0.600. The second-order valence-corrected chi connectivity index (χ2v) is 4.77. The molecule has 0 spiro atoms. The van der Waals surface area contributed by atoms with Gasteiger partial charge in [0.15, 0.2) is 0 Å². The van der Waals surface area contributed by atoms with Crippen LogP contribution in [0.4, 0.5) is 0 Å². The number of carbonyl (C=O) groups is 1. The summed E-state index contributed by atoms with van der Waals surface area (Å²) < 4.78 is 1.61. The van der Waals surface area contributed by atoms with E-state index in [0.29, 0.717) is 10.9 Å². The zero-order valence-electron chi connectivity index (χ0n) is 10.6. The van der Waals surface area contributed by atoms with Gasteiger partial charge in [-0.25, -0.2) is 0 Å². The molecule has 5 nitrogen and oxygen atoms in total. The van der Waals surface area contributed by atoms with Gasteiger partial charge in [-0.3, -0.25) is 14.3 Å². The zero-order valence-corrected chi connectivity index (χ0v) is 10.6. The molecule has 1 aliphatic heterocycles. The Hall–Kier alpha value is -2.17. The molecule has 0 unspecified atom stereocenters. The van der Waals surface area contributed by atoms with E-state index in [0.717, 1.165) is 25.9 Å². The molecule has 19 heavy (non-hydrogen) atoms. The highest BCUT2D eigenvalue weighted by Gasteiger charge is 2.18. The molecule has 2 heterocycles. The van der Waals surface area contributed by atoms with Crippen LogP contribution in [-0.2, 0) is 11.3 Å². The van der Waals surface area contributed by atoms with Crippen LogP contribution in [0.5, 0.6) is 0 Å². The zero-order chi connectivity index (χ0) is 13.2. The smallest absolute Gasteiger partial charge is 0.244 e. The van der Waals surface area contributed by atoms with E-state index < -0.39 is 0 Å². The van der Waals surface area contributed by atoms with E-state index in [1.807, 2.05) is 23.1 Å². The van der Waals surface area contributed by atoms with Gasteiger partial charge >= 0.3 is 0 Å². The van der Waals surface area contributed by atoms with Crippen molar-refractivity contribution in [2.75, 3.05) is 13.1 Å². The van der Waals surface area contributed by atoms with Crippen molar-refractivity contribution in [2.45, 2.75) is 19.4 Å². The topological polar surface area (TPSA) is 55.2 Å². The monoisotopic (exact) mass is 257 g/mol. The number of amides is 1. The van der Waals surface area contributed by atoms with Gasteiger partial charge in [0.1, 0.15) is 6.54 Å². The van der Waals surface area contributed by atoms with Crippen molar-refractivity contribution >= 4 is 16.8 Å². The fraction of sp³-hybridized carbons (Fsp3) is 0.357. The third-order valence-corrected chi connectivity index (χ3v) is 3.51. The fourth-order valence-electron chi connectivity index (χ4n) is 2.48. The van der Waals surface area contributed by atoms with Crippen LogP contribution < -0.4 is 5.43 Å². The molecule has 0 atom stereocenters. The van der Waals surface area contributed by atoms with Crippen LogP contribution in [0.15, 0.2) is 35.3 Å². The highest BCUT2D eigenvalue weighted by Crippen LogP contribution is 2.11. The molecule has 3 rings (SSSR count). The predicted octanol–water partition coefficient (Wildman–Crippen LogP) is 1.02. The summed E-state index contributed by atoms with van der Waals surface area (Å²) in [6.45, 7) is 1.86. The van der Waals surface area contributed by atoms with Crippen LogP contribution in [0.25, 0.3) is 10.9 Å². The molecule has 1 fully saturated rings. The molecule has 0 radical (unpaired) electrons. The molecule has 1 aliphatic rings. The molecule has 0 bridgehead atoms. The normalized spacial score (nSPS) is 15.1. The van der Waals surface area contributed by atoms with E-state index in [2.05, 4.69) is 5.10 Å². The number of nitrogens with zero attached hydrogens (tertiary/aromatic N) is 3. The first-order valence-corrected chi connectivity index (χ1v) is 6.48. The van der Waals surface area contributed by atoms with Crippen LogP contribution in [0.1, 0.15) is 12.8 Å². The molecular formula is C14H15N3O2. The molecule has 1 aromatic heterocycles. The molecule has 2 aromatic rings. The number of aromatic nitrogens is 2. The van der Waals surface area contributed by atoms with E-state index >= 15 is 0 Å². The molecule has 0 saturated carbocycles. The molecule has 0 N–H and O–H groups in total. The Labute approximate surface area is 110 Å². The number of fused-ring (bicyclic) bond motifs is 1. The Balaban J connectivity index is 1.95. The minimum absolute atomic E-state index is 0.0683. The van der Waals surface area contributed by atoms with Gasteiger partial charge in [0.2, 0.25) is 11.3 Å². The molecule has 1 amide bonds. The van der Waals surface area contributed by atoms with Crippen molar-refractivity contribution in [1.29, 1.82) is 0 Å². The Bertz CT molecular complexity index is 672. The Morgan fingerprint density at radius 3 is 2.74 bits per heavy atom. The Morgan fingerprint density at radius 1 is 1.21 bits per heavy atom.